The molecule has 332 valence electrons. The van der Waals surface area contributed by atoms with Crippen LogP contribution in [0.15, 0.2) is 47.8 Å². The summed E-state index contributed by atoms with van der Waals surface area (Å²) in [6, 6.07) is 0.0627. The Morgan fingerprint density at radius 1 is 0.983 bits per heavy atom. The van der Waals surface area contributed by atoms with Crippen LogP contribution < -0.4 is 0 Å². The van der Waals surface area contributed by atoms with E-state index in [-0.39, 0.29) is 36.2 Å². The number of ketones is 2. The molecule has 1 saturated carbocycles. The Morgan fingerprint density at radius 3 is 2.21 bits per heavy atom. The number of amides is 1. The Labute approximate surface area is 350 Å². The fraction of sp³-hybridized carbons (Fsp3) is 0.745. The third-order valence-electron chi connectivity index (χ3n) is 11.3. The second-order valence-corrected chi connectivity index (χ2v) is 16.6. The highest BCUT2D eigenvalue weighted by Crippen LogP contribution is 2.31. The van der Waals surface area contributed by atoms with Gasteiger partial charge in [0.15, 0.2) is 0 Å². The topological polar surface area (TPSA) is 160 Å². The summed E-state index contributed by atoms with van der Waals surface area (Å²) in [7, 11) is 0. The van der Waals surface area contributed by atoms with Crippen molar-refractivity contribution in [2.45, 2.75) is 176 Å². The molecule has 0 radical (unpaired) electrons. The molecule has 7 atom stereocenters. The third kappa shape index (κ3) is 20.2. The Bertz CT molecular complexity index is 1320. The van der Waals surface area contributed by atoms with E-state index in [4.69, 9.17) is 14.6 Å². The van der Waals surface area contributed by atoms with E-state index in [1.807, 2.05) is 52.0 Å². The number of carbonyl (C=O) groups is 4. The molecule has 58 heavy (non-hydrogen) atoms. The van der Waals surface area contributed by atoms with Crippen LogP contribution in [0.4, 0.5) is 0 Å². The van der Waals surface area contributed by atoms with Gasteiger partial charge in [-0.05, 0) is 103 Å². The van der Waals surface area contributed by atoms with Gasteiger partial charge in [0, 0.05) is 43.9 Å². The van der Waals surface area contributed by atoms with Crippen LogP contribution >= 0.6 is 0 Å². The first-order chi connectivity index (χ1) is 27.6. The first-order valence-electron chi connectivity index (χ1n) is 22.1. The largest absolute Gasteiger partial charge is 0.492 e. The molecule has 3 aliphatic heterocycles. The van der Waals surface area contributed by atoms with Crippen LogP contribution in [0.1, 0.15) is 152 Å². The molecule has 0 aromatic heterocycles. The summed E-state index contributed by atoms with van der Waals surface area (Å²) in [5, 5.41) is 29.2. The molecule has 3 fully saturated rings. The van der Waals surface area contributed by atoms with E-state index in [0.717, 1.165) is 51.4 Å². The molecular formula is C47H79NO10. The second kappa shape index (κ2) is 30.0. The van der Waals surface area contributed by atoms with E-state index >= 15 is 0 Å². The van der Waals surface area contributed by atoms with Crippen molar-refractivity contribution in [3.8, 4) is 0 Å². The first-order valence-corrected chi connectivity index (χ1v) is 22.1. The summed E-state index contributed by atoms with van der Waals surface area (Å²) in [5.41, 5.74) is 1.35. The number of rotatable bonds is 16. The van der Waals surface area contributed by atoms with Crippen molar-refractivity contribution in [2.24, 2.45) is 23.7 Å². The average Bonchev–Trinajstić information content (AvgIpc) is 3.67. The molecule has 3 heterocycles. The zero-order valence-electron chi connectivity index (χ0n) is 37.2. The number of Topliss-reactive ketones (excluding diaryl/α,β-unsaturated/α-hetero) is 2. The smallest absolute Gasteiger partial charge is 0.296 e. The maximum atomic E-state index is 12.3. The van der Waals surface area contributed by atoms with E-state index < -0.39 is 23.6 Å². The second-order valence-electron chi connectivity index (χ2n) is 16.6. The number of aliphatic hydroxyl groups is 3. The SMILES string of the molecule is CC/C(C)=C/C=C/C=C/C(C)C[C@@H](C)C(=O)C[C@H](O)C1=CCC(C)O1.CCCOC=O.C[C@@H]1CCCCN1C(=O)C(=O)[C@]1(O)OCCC[C@H]1C.OCC1CCCCC1. The standard InChI is InChI=1S/C22H34O3.C14H23NO4.C7H14O.C4H8O2/c1-6-16(2)10-8-7-9-11-17(3)14-18(4)20(23)15-21(24)22-13-12-19(5)25-22;1-10-6-5-9-19-14(10,18)12(16)13(17)15-8-4-3-7-11(15)2;8-6-7-4-2-1-3-5-7;1-2-3-6-4-5/h7-11,13,17-19,21,24H,6,12,14-15H2,1-5H3;10-11,18H,3-9H2,1-2H3;7-8H,1-6H2;4H,2-3H2,1H3/b8-7+,11-9+,16-10+;;;/t17?,18-,19?,21+;10-,11-,14-;;/m11../s1. The van der Waals surface area contributed by atoms with Crippen molar-refractivity contribution in [2.75, 3.05) is 26.4 Å². The van der Waals surface area contributed by atoms with Gasteiger partial charge in [-0.15, -0.1) is 0 Å². The summed E-state index contributed by atoms with van der Waals surface area (Å²) < 4.78 is 15.1. The summed E-state index contributed by atoms with van der Waals surface area (Å²) in [6.07, 6.45) is 26.2. The third-order valence-corrected chi connectivity index (χ3v) is 11.3. The van der Waals surface area contributed by atoms with Crippen LogP contribution in [0.2, 0.25) is 0 Å². The van der Waals surface area contributed by atoms with Gasteiger partial charge in [0.05, 0.1) is 19.3 Å². The Morgan fingerprint density at radius 2 is 1.67 bits per heavy atom. The lowest BCUT2D eigenvalue weighted by Gasteiger charge is -2.39. The normalized spacial score (nSPS) is 25.4. The van der Waals surface area contributed by atoms with Gasteiger partial charge in [0.2, 0.25) is 5.79 Å². The highest BCUT2D eigenvalue weighted by molar-refractivity contribution is 6.38. The molecule has 4 aliphatic rings. The number of allylic oxidation sites excluding steroid dienone is 6. The van der Waals surface area contributed by atoms with Gasteiger partial charge in [-0.2, -0.15) is 0 Å². The van der Waals surface area contributed by atoms with Gasteiger partial charge in [-0.1, -0.05) is 89.8 Å². The molecule has 11 heteroatoms. The number of piperidine rings is 1. The number of likely N-dealkylation sites (tertiary alicyclic amines) is 1. The molecule has 3 N–H and O–H groups in total. The number of nitrogens with zero attached hydrogens (tertiary/aromatic N) is 1. The predicted molar refractivity (Wildman–Crippen MR) is 229 cm³/mol. The lowest BCUT2D eigenvalue weighted by molar-refractivity contribution is -0.240. The fourth-order valence-electron chi connectivity index (χ4n) is 7.20. The number of carbonyl (C=O) groups excluding carboxylic acids is 4. The van der Waals surface area contributed by atoms with Gasteiger partial charge >= 0.3 is 0 Å². The lowest BCUT2D eigenvalue weighted by atomic mass is 9.88. The number of ether oxygens (including phenoxy) is 3. The Kier molecular flexibility index (Phi) is 27.4. The molecule has 4 rings (SSSR count). The minimum Gasteiger partial charge on any atom is -0.492 e. The van der Waals surface area contributed by atoms with Crippen molar-refractivity contribution < 1.29 is 48.7 Å². The maximum Gasteiger partial charge on any atom is 0.296 e. The van der Waals surface area contributed by atoms with E-state index in [2.05, 4.69) is 37.7 Å². The molecule has 0 aromatic rings. The molecule has 0 bridgehead atoms. The van der Waals surface area contributed by atoms with Crippen LogP contribution in [0.25, 0.3) is 0 Å². The van der Waals surface area contributed by atoms with Crippen molar-refractivity contribution in [1.82, 2.24) is 4.90 Å². The molecule has 11 nitrogen and oxygen atoms in total. The minimum absolute atomic E-state index is 0.0627. The van der Waals surface area contributed by atoms with Crippen molar-refractivity contribution >= 4 is 23.9 Å². The zero-order chi connectivity index (χ0) is 43.5. The number of hydrogen-bond acceptors (Lipinski definition) is 10. The first kappa shape index (κ1) is 52.9. The number of hydrogen-bond donors (Lipinski definition) is 3. The predicted octanol–water partition coefficient (Wildman–Crippen LogP) is 8.35. The fourth-order valence-corrected chi connectivity index (χ4v) is 7.20. The monoisotopic (exact) mass is 818 g/mol. The molecule has 0 aromatic carbocycles. The highest BCUT2D eigenvalue weighted by Gasteiger charge is 2.49. The molecule has 1 amide bonds. The molecule has 2 saturated heterocycles. The average molecular weight is 818 g/mol. The van der Waals surface area contributed by atoms with Gasteiger partial charge in [0.1, 0.15) is 17.6 Å². The van der Waals surface area contributed by atoms with E-state index in [0.29, 0.717) is 56.9 Å². The minimum atomic E-state index is -1.92. The zero-order valence-corrected chi connectivity index (χ0v) is 37.2. The summed E-state index contributed by atoms with van der Waals surface area (Å²) in [6.45, 7) is 18.3. The van der Waals surface area contributed by atoms with Crippen molar-refractivity contribution in [3.63, 3.8) is 0 Å². The van der Waals surface area contributed by atoms with E-state index in [1.54, 1.807) is 11.8 Å². The summed E-state index contributed by atoms with van der Waals surface area (Å²) >= 11 is 0. The maximum absolute atomic E-state index is 12.3. The van der Waals surface area contributed by atoms with Gasteiger partial charge < -0.3 is 34.4 Å². The van der Waals surface area contributed by atoms with E-state index in [9.17, 15) is 29.4 Å². The lowest BCUT2D eigenvalue weighted by Crippen LogP contribution is -2.57. The summed E-state index contributed by atoms with van der Waals surface area (Å²) in [4.78, 5) is 47.8. The highest BCUT2D eigenvalue weighted by atomic mass is 16.6. The quantitative estimate of drug-likeness (QED) is 0.0598. The van der Waals surface area contributed by atoms with Gasteiger partial charge in [-0.3, -0.25) is 19.2 Å². The molecule has 2 unspecified atom stereocenters. The number of aliphatic hydroxyl groups excluding tert-OH is 2. The Balaban J connectivity index is 0.000000443. The molecule has 0 spiro atoms. The van der Waals surface area contributed by atoms with Crippen LogP contribution in [-0.2, 0) is 33.4 Å². The molecular weight excluding hydrogens is 739 g/mol. The van der Waals surface area contributed by atoms with Crippen LogP contribution in [0.3, 0.4) is 0 Å². The van der Waals surface area contributed by atoms with Crippen LogP contribution in [-0.4, -0.2) is 94.6 Å². The Hall–Kier alpha value is -3.12. The van der Waals surface area contributed by atoms with Crippen molar-refractivity contribution in [3.05, 3.63) is 47.8 Å². The molecule has 1 aliphatic carbocycles. The van der Waals surface area contributed by atoms with Gasteiger partial charge in [-0.25, -0.2) is 0 Å². The van der Waals surface area contributed by atoms with Crippen LogP contribution in [0.5, 0.6) is 0 Å². The van der Waals surface area contributed by atoms with E-state index in [1.165, 1.54) is 37.7 Å². The van der Waals surface area contributed by atoms with Crippen molar-refractivity contribution in [1.29, 1.82) is 0 Å². The van der Waals surface area contributed by atoms with Crippen LogP contribution in [0, 0.1) is 23.7 Å². The summed E-state index contributed by atoms with van der Waals surface area (Å²) in [5.74, 6) is -2.11. The van der Waals surface area contributed by atoms with Gasteiger partial charge in [0.25, 0.3) is 18.2 Å².